The average Bonchev–Trinajstić information content (AvgIpc) is 3.30. The van der Waals surface area contributed by atoms with Crippen LogP contribution in [0.2, 0.25) is 0 Å². The van der Waals surface area contributed by atoms with E-state index in [4.69, 9.17) is 23.8 Å². The summed E-state index contributed by atoms with van der Waals surface area (Å²) in [7, 11) is 3.27. The normalized spacial score (nSPS) is 17.8. The van der Waals surface area contributed by atoms with E-state index in [1.54, 1.807) is 14.2 Å². The van der Waals surface area contributed by atoms with Crippen molar-refractivity contribution in [3.8, 4) is 23.0 Å². The standard InChI is InChI=1S/C19H19NO5/c1-21-14-5-3-12(4-6-14)7-15-10-16(20-25-15)13-8-17(22-2)19-18(9-13)23-11-24-19/h3-6,8-9,15H,7,10-11H2,1-2H3/t15-/m0/s1. The van der Waals surface area contributed by atoms with Gasteiger partial charge in [-0.25, -0.2) is 0 Å². The first-order valence-electron chi connectivity index (χ1n) is 8.10. The predicted octanol–water partition coefficient (Wildman–Crippen LogP) is 3.17. The summed E-state index contributed by atoms with van der Waals surface area (Å²) in [6.45, 7) is 0.207. The Hall–Kier alpha value is -2.89. The van der Waals surface area contributed by atoms with Gasteiger partial charge in [-0.2, -0.15) is 0 Å². The molecule has 4 rings (SSSR count). The van der Waals surface area contributed by atoms with Crippen molar-refractivity contribution >= 4 is 5.71 Å². The first-order chi connectivity index (χ1) is 12.3. The Labute approximate surface area is 145 Å². The summed E-state index contributed by atoms with van der Waals surface area (Å²) in [6, 6.07) is 11.8. The van der Waals surface area contributed by atoms with Gasteiger partial charge in [0.1, 0.15) is 11.9 Å². The number of nitrogens with zero attached hydrogens (tertiary/aromatic N) is 1. The molecule has 0 N–H and O–H groups in total. The molecular weight excluding hydrogens is 322 g/mol. The van der Waals surface area contributed by atoms with Crippen LogP contribution in [0.25, 0.3) is 0 Å². The number of hydrogen-bond acceptors (Lipinski definition) is 6. The van der Waals surface area contributed by atoms with Gasteiger partial charge in [0.05, 0.1) is 19.9 Å². The molecule has 0 spiro atoms. The highest BCUT2D eigenvalue weighted by Crippen LogP contribution is 2.42. The highest BCUT2D eigenvalue weighted by atomic mass is 16.7. The monoisotopic (exact) mass is 341 g/mol. The molecule has 0 bridgehead atoms. The predicted molar refractivity (Wildman–Crippen MR) is 91.8 cm³/mol. The molecule has 6 nitrogen and oxygen atoms in total. The molecule has 0 saturated carbocycles. The molecule has 130 valence electrons. The van der Waals surface area contributed by atoms with E-state index in [0.717, 1.165) is 29.9 Å². The SMILES string of the molecule is COc1ccc(C[C@H]2CC(c3cc(OC)c4c(c3)OCO4)=NO2)cc1. The van der Waals surface area contributed by atoms with Gasteiger partial charge in [-0.3, -0.25) is 0 Å². The van der Waals surface area contributed by atoms with E-state index in [1.165, 1.54) is 5.56 Å². The van der Waals surface area contributed by atoms with E-state index in [1.807, 2.05) is 36.4 Å². The number of oxime groups is 1. The molecule has 2 aliphatic rings. The van der Waals surface area contributed by atoms with Crippen LogP contribution in [0.3, 0.4) is 0 Å². The van der Waals surface area contributed by atoms with E-state index in [9.17, 15) is 0 Å². The van der Waals surface area contributed by atoms with Crippen LogP contribution >= 0.6 is 0 Å². The molecular formula is C19H19NO5. The average molecular weight is 341 g/mol. The Kier molecular flexibility index (Phi) is 4.09. The van der Waals surface area contributed by atoms with Crippen LogP contribution in [0.4, 0.5) is 0 Å². The Balaban J connectivity index is 1.47. The highest BCUT2D eigenvalue weighted by Gasteiger charge is 2.26. The van der Waals surface area contributed by atoms with Gasteiger partial charge in [-0.1, -0.05) is 17.3 Å². The third-order valence-electron chi connectivity index (χ3n) is 4.35. The lowest BCUT2D eigenvalue weighted by Crippen LogP contribution is -2.12. The molecule has 2 aromatic carbocycles. The van der Waals surface area contributed by atoms with Gasteiger partial charge in [0.25, 0.3) is 0 Å². The molecule has 0 aromatic heterocycles. The molecule has 2 heterocycles. The number of ether oxygens (including phenoxy) is 4. The van der Waals surface area contributed by atoms with E-state index in [-0.39, 0.29) is 12.9 Å². The second-order valence-electron chi connectivity index (χ2n) is 5.93. The minimum absolute atomic E-state index is 0.0137. The Morgan fingerprint density at radius 1 is 1.08 bits per heavy atom. The van der Waals surface area contributed by atoms with Gasteiger partial charge in [0.15, 0.2) is 11.5 Å². The maximum atomic E-state index is 5.62. The van der Waals surface area contributed by atoms with E-state index in [2.05, 4.69) is 5.16 Å². The molecule has 6 heteroatoms. The molecule has 0 aliphatic carbocycles. The molecule has 2 aromatic rings. The van der Waals surface area contributed by atoms with Crippen molar-refractivity contribution in [1.29, 1.82) is 0 Å². The van der Waals surface area contributed by atoms with E-state index >= 15 is 0 Å². The number of rotatable bonds is 5. The summed E-state index contributed by atoms with van der Waals surface area (Å²) in [4.78, 5) is 5.62. The minimum Gasteiger partial charge on any atom is -0.497 e. The summed E-state index contributed by atoms with van der Waals surface area (Å²) >= 11 is 0. The summed E-state index contributed by atoms with van der Waals surface area (Å²) in [5.74, 6) is 2.81. The molecule has 0 unspecified atom stereocenters. The zero-order valence-corrected chi connectivity index (χ0v) is 14.2. The van der Waals surface area contributed by atoms with Gasteiger partial charge < -0.3 is 23.8 Å². The maximum Gasteiger partial charge on any atom is 0.231 e. The summed E-state index contributed by atoms with van der Waals surface area (Å²) in [5.41, 5.74) is 3.00. The molecule has 0 saturated heterocycles. The fraction of sp³-hybridized carbons (Fsp3) is 0.316. The van der Waals surface area contributed by atoms with Crippen LogP contribution in [0, 0.1) is 0 Å². The lowest BCUT2D eigenvalue weighted by atomic mass is 9.99. The van der Waals surface area contributed by atoms with Gasteiger partial charge in [0, 0.05) is 18.4 Å². The van der Waals surface area contributed by atoms with Gasteiger partial charge in [0.2, 0.25) is 12.5 Å². The van der Waals surface area contributed by atoms with Crippen LogP contribution < -0.4 is 18.9 Å². The lowest BCUT2D eigenvalue weighted by Gasteiger charge is -2.09. The largest absolute Gasteiger partial charge is 0.497 e. The molecule has 0 fully saturated rings. The highest BCUT2D eigenvalue weighted by molar-refractivity contribution is 6.02. The second kappa shape index (κ2) is 6.55. The van der Waals surface area contributed by atoms with Gasteiger partial charge in [-0.15, -0.1) is 0 Å². The first kappa shape index (κ1) is 15.6. The number of benzene rings is 2. The van der Waals surface area contributed by atoms with Crippen molar-refractivity contribution < 1.29 is 23.8 Å². The van der Waals surface area contributed by atoms with Crippen molar-refractivity contribution in [2.45, 2.75) is 18.9 Å². The quantitative estimate of drug-likeness (QED) is 0.836. The molecule has 25 heavy (non-hydrogen) atoms. The van der Waals surface area contributed by atoms with Crippen LogP contribution in [0.1, 0.15) is 17.5 Å². The van der Waals surface area contributed by atoms with E-state index < -0.39 is 0 Å². The van der Waals surface area contributed by atoms with Gasteiger partial charge >= 0.3 is 0 Å². The molecule has 1 atom stereocenters. The van der Waals surface area contributed by atoms with Crippen LogP contribution in [-0.4, -0.2) is 32.8 Å². The number of hydrogen-bond donors (Lipinski definition) is 0. The lowest BCUT2D eigenvalue weighted by molar-refractivity contribution is 0.0859. The number of fused-ring (bicyclic) bond motifs is 1. The Morgan fingerprint density at radius 2 is 1.92 bits per heavy atom. The second-order valence-corrected chi connectivity index (χ2v) is 5.93. The topological polar surface area (TPSA) is 58.5 Å². The third kappa shape index (κ3) is 3.07. The van der Waals surface area contributed by atoms with Crippen molar-refractivity contribution in [3.63, 3.8) is 0 Å². The van der Waals surface area contributed by atoms with Crippen molar-refractivity contribution in [1.82, 2.24) is 0 Å². The first-order valence-corrected chi connectivity index (χ1v) is 8.10. The Morgan fingerprint density at radius 3 is 2.68 bits per heavy atom. The molecule has 0 radical (unpaired) electrons. The van der Waals surface area contributed by atoms with Crippen molar-refractivity contribution in [2.24, 2.45) is 5.16 Å². The smallest absolute Gasteiger partial charge is 0.231 e. The molecule has 2 aliphatic heterocycles. The molecule has 0 amide bonds. The van der Waals surface area contributed by atoms with Crippen LogP contribution in [0.5, 0.6) is 23.0 Å². The summed E-state index contributed by atoms with van der Waals surface area (Å²) < 4.78 is 21.5. The van der Waals surface area contributed by atoms with E-state index in [0.29, 0.717) is 17.2 Å². The zero-order valence-electron chi connectivity index (χ0n) is 14.2. The summed E-state index contributed by atoms with van der Waals surface area (Å²) in [6.07, 6.45) is 1.54. The fourth-order valence-corrected chi connectivity index (χ4v) is 3.03. The van der Waals surface area contributed by atoms with Crippen LogP contribution in [-0.2, 0) is 11.3 Å². The Bertz CT molecular complexity index is 800. The third-order valence-corrected chi connectivity index (χ3v) is 4.35. The zero-order chi connectivity index (χ0) is 17.2. The van der Waals surface area contributed by atoms with Crippen molar-refractivity contribution in [3.05, 3.63) is 47.5 Å². The summed E-state index contributed by atoms with van der Waals surface area (Å²) in [5, 5.41) is 4.26. The fourth-order valence-electron chi connectivity index (χ4n) is 3.03. The minimum atomic E-state index is 0.0137. The maximum absolute atomic E-state index is 5.62. The van der Waals surface area contributed by atoms with Crippen molar-refractivity contribution in [2.75, 3.05) is 21.0 Å². The van der Waals surface area contributed by atoms with Crippen LogP contribution in [0.15, 0.2) is 41.6 Å². The van der Waals surface area contributed by atoms with Gasteiger partial charge in [-0.05, 0) is 29.8 Å². The number of methoxy groups -OCH3 is 2.